The molecule has 0 saturated carbocycles. The Balaban J connectivity index is 1.74. The van der Waals surface area contributed by atoms with E-state index in [0.29, 0.717) is 0 Å². The van der Waals surface area contributed by atoms with Gasteiger partial charge in [0.1, 0.15) is 0 Å². The maximum absolute atomic E-state index is 9.78. The third-order valence-electron chi connectivity index (χ3n) is 4.14. The first-order chi connectivity index (χ1) is 10.6. The zero-order valence-corrected chi connectivity index (χ0v) is 13.7. The summed E-state index contributed by atoms with van der Waals surface area (Å²) in [5.74, 6) is 0. The van der Waals surface area contributed by atoms with Crippen molar-refractivity contribution in [3.8, 4) is 10.4 Å². The van der Waals surface area contributed by atoms with Crippen molar-refractivity contribution in [3.05, 3.63) is 46.8 Å². The minimum Gasteiger partial charge on any atom is -0.392 e. The van der Waals surface area contributed by atoms with Crippen molar-refractivity contribution in [2.45, 2.75) is 38.5 Å². The first kappa shape index (κ1) is 15.7. The highest BCUT2D eigenvalue weighted by Gasteiger charge is 2.17. The molecule has 1 saturated heterocycles. The Morgan fingerprint density at radius 3 is 2.91 bits per heavy atom. The Morgan fingerprint density at radius 1 is 1.32 bits per heavy atom. The summed E-state index contributed by atoms with van der Waals surface area (Å²) in [5.41, 5.74) is 2.48. The van der Waals surface area contributed by atoms with Crippen LogP contribution in [0, 0.1) is 0 Å². The van der Waals surface area contributed by atoms with Crippen molar-refractivity contribution < 1.29 is 10.2 Å². The van der Waals surface area contributed by atoms with Crippen LogP contribution in [0.4, 0.5) is 0 Å². The summed E-state index contributed by atoms with van der Waals surface area (Å²) >= 11 is 1.65. The number of aliphatic hydroxyl groups is 2. The predicted molar refractivity (Wildman–Crippen MR) is 90.9 cm³/mol. The molecule has 1 aliphatic heterocycles. The maximum Gasteiger partial charge on any atom is 0.0854 e. The van der Waals surface area contributed by atoms with Crippen LogP contribution >= 0.6 is 11.3 Å². The third-order valence-corrected chi connectivity index (χ3v) is 5.44. The largest absolute Gasteiger partial charge is 0.392 e. The van der Waals surface area contributed by atoms with Gasteiger partial charge < -0.3 is 10.2 Å². The molecule has 0 aliphatic carbocycles. The van der Waals surface area contributed by atoms with Gasteiger partial charge in [-0.15, -0.1) is 11.3 Å². The number of benzene rings is 1. The van der Waals surface area contributed by atoms with E-state index >= 15 is 0 Å². The lowest BCUT2D eigenvalue weighted by Gasteiger charge is -2.30. The number of β-amino-alcohol motifs (C(OH)–C–C–N with tert-alkyl or cyclic N) is 1. The van der Waals surface area contributed by atoms with E-state index < -0.39 is 6.10 Å². The van der Waals surface area contributed by atoms with Crippen LogP contribution in [0.5, 0.6) is 0 Å². The van der Waals surface area contributed by atoms with Crippen LogP contribution in [0.2, 0.25) is 0 Å². The average Bonchev–Trinajstić information content (AvgIpc) is 2.97. The summed E-state index contributed by atoms with van der Waals surface area (Å²) in [4.78, 5) is 4.51. The van der Waals surface area contributed by atoms with Crippen molar-refractivity contribution in [1.82, 2.24) is 4.90 Å². The van der Waals surface area contributed by atoms with E-state index in [1.807, 2.05) is 6.07 Å². The molecule has 0 amide bonds. The van der Waals surface area contributed by atoms with Crippen LogP contribution in [-0.4, -0.2) is 34.3 Å². The minimum absolute atomic E-state index is 0.178. The first-order valence-corrected chi connectivity index (χ1v) is 8.71. The Labute approximate surface area is 135 Å². The molecule has 2 aromatic rings. The number of aliphatic hydroxyl groups excluding tert-OH is 2. The number of hydrogen-bond donors (Lipinski definition) is 2. The molecule has 3 nitrogen and oxygen atoms in total. The lowest BCUT2D eigenvalue weighted by molar-refractivity contribution is 0.0668. The van der Waals surface area contributed by atoms with Gasteiger partial charge in [-0.25, -0.2) is 0 Å². The van der Waals surface area contributed by atoms with Gasteiger partial charge in [0, 0.05) is 22.8 Å². The average molecular weight is 317 g/mol. The molecule has 1 aromatic carbocycles. The standard InChI is InChI=1S/C18H23NO2S/c1-13(20)17-7-8-18(22-17)15-5-2-4-14(10-15)11-19-9-3-6-16(21)12-19/h2,4-5,7-8,10,13,16,20-21H,3,6,9,11-12H2,1H3/t13-,16?/m0/s1. The summed E-state index contributed by atoms with van der Waals surface area (Å²) in [5, 5.41) is 19.4. The highest BCUT2D eigenvalue weighted by Crippen LogP contribution is 2.32. The van der Waals surface area contributed by atoms with Gasteiger partial charge in [0.05, 0.1) is 12.2 Å². The summed E-state index contributed by atoms with van der Waals surface area (Å²) in [6.07, 6.45) is 1.41. The van der Waals surface area contributed by atoms with Crippen LogP contribution in [0.15, 0.2) is 36.4 Å². The quantitative estimate of drug-likeness (QED) is 0.908. The molecule has 2 atom stereocenters. The fourth-order valence-electron chi connectivity index (χ4n) is 2.99. The smallest absolute Gasteiger partial charge is 0.0854 e. The number of hydrogen-bond acceptors (Lipinski definition) is 4. The second-order valence-electron chi connectivity index (χ2n) is 6.11. The van der Waals surface area contributed by atoms with Crippen LogP contribution in [0.25, 0.3) is 10.4 Å². The Kier molecular flexibility index (Phi) is 4.93. The third kappa shape index (κ3) is 3.76. The minimum atomic E-state index is -0.406. The van der Waals surface area contributed by atoms with Crippen LogP contribution in [-0.2, 0) is 6.54 Å². The lowest BCUT2D eigenvalue weighted by atomic mass is 10.1. The Bertz CT molecular complexity index is 623. The van der Waals surface area contributed by atoms with E-state index in [-0.39, 0.29) is 6.10 Å². The Hall–Kier alpha value is -1.20. The Morgan fingerprint density at radius 2 is 2.18 bits per heavy atom. The molecule has 0 radical (unpaired) electrons. The van der Waals surface area contributed by atoms with Crippen molar-refractivity contribution in [2.75, 3.05) is 13.1 Å². The fourth-order valence-corrected chi connectivity index (χ4v) is 3.93. The molecule has 1 aliphatic rings. The van der Waals surface area contributed by atoms with E-state index in [0.717, 1.165) is 37.4 Å². The van der Waals surface area contributed by atoms with Gasteiger partial charge in [-0.2, -0.15) is 0 Å². The van der Waals surface area contributed by atoms with Crippen LogP contribution in [0.3, 0.4) is 0 Å². The van der Waals surface area contributed by atoms with Gasteiger partial charge in [0.15, 0.2) is 0 Å². The number of rotatable bonds is 4. The SMILES string of the molecule is C[C@H](O)c1ccc(-c2cccc(CN3CCCC(O)C3)c2)s1. The molecule has 2 N–H and O–H groups in total. The number of nitrogens with zero attached hydrogens (tertiary/aromatic N) is 1. The summed E-state index contributed by atoms with van der Waals surface area (Å²) in [6.45, 7) is 4.52. The van der Waals surface area contributed by atoms with Gasteiger partial charge in [0.2, 0.25) is 0 Å². The number of thiophene rings is 1. The zero-order valence-electron chi connectivity index (χ0n) is 12.9. The van der Waals surface area contributed by atoms with Gasteiger partial charge in [-0.3, -0.25) is 4.90 Å². The van der Waals surface area contributed by atoms with Crippen molar-refractivity contribution in [2.24, 2.45) is 0 Å². The van der Waals surface area contributed by atoms with Gasteiger partial charge in [0.25, 0.3) is 0 Å². The highest BCUT2D eigenvalue weighted by atomic mass is 32.1. The molecule has 118 valence electrons. The molecule has 1 aromatic heterocycles. The van der Waals surface area contributed by atoms with E-state index in [2.05, 4.69) is 35.2 Å². The molecule has 1 fully saturated rings. The topological polar surface area (TPSA) is 43.7 Å². The molecular formula is C18H23NO2S. The first-order valence-electron chi connectivity index (χ1n) is 7.89. The van der Waals surface area contributed by atoms with Crippen molar-refractivity contribution >= 4 is 11.3 Å². The monoisotopic (exact) mass is 317 g/mol. The number of likely N-dealkylation sites (tertiary alicyclic amines) is 1. The van der Waals surface area contributed by atoms with Gasteiger partial charge in [-0.1, -0.05) is 18.2 Å². The second-order valence-corrected chi connectivity index (χ2v) is 7.22. The van der Waals surface area contributed by atoms with Gasteiger partial charge in [-0.05, 0) is 55.6 Å². The van der Waals surface area contributed by atoms with E-state index in [1.54, 1.807) is 18.3 Å². The fraction of sp³-hybridized carbons (Fsp3) is 0.444. The predicted octanol–water partition coefficient (Wildman–Crippen LogP) is 3.43. The maximum atomic E-state index is 9.78. The van der Waals surface area contributed by atoms with Crippen LogP contribution in [0.1, 0.15) is 36.3 Å². The summed E-state index contributed by atoms with van der Waals surface area (Å²) in [7, 11) is 0. The second kappa shape index (κ2) is 6.92. The van der Waals surface area contributed by atoms with Crippen molar-refractivity contribution in [1.29, 1.82) is 0 Å². The molecule has 3 rings (SSSR count). The molecule has 0 bridgehead atoms. The molecule has 0 spiro atoms. The van der Waals surface area contributed by atoms with Gasteiger partial charge >= 0.3 is 0 Å². The molecule has 4 heteroatoms. The van der Waals surface area contributed by atoms with E-state index in [4.69, 9.17) is 0 Å². The van der Waals surface area contributed by atoms with Crippen LogP contribution < -0.4 is 0 Å². The zero-order chi connectivity index (χ0) is 15.5. The molecule has 1 unspecified atom stereocenters. The van der Waals surface area contributed by atoms with E-state index in [9.17, 15) is 10.2 Å². The molecule has 2 heterocycles. The normalized spacial score (nSPS) is 21.0. The number of piperidine rings is 1. The summed E-state index contributed by atoms with van der Waals surface area (Å²) < 4.78 is 0. The molecular weight excluding hydrogens is 294 g/mol. The van der Waals surface area contributed by atoms with E-state index in [1.165, 1.54) is 16.0 Å². The summed E-state index contributed by atoms with van der Waals surface area (Å²) in [6, 6.07) is 12.7. The van der Waals surface area contributed by atoms with Crippen molar-refractivity contribution in [3.63, 3.8) is 0 Å². The molecule has 22 heavy (non-hydrogen) atoms. The highest BCUT2D eigenvalue weighted by molar-refractivity contribution is 7.15. The lowest BCUT2D eigenvalue weighted by Crippen LogP contribution is -2.37.